The van der Waals surface area contributed by atoms with Crippen LogP contribution in [0.15, 0.2) is 18.5 Å². The maximum atomic E-state index is 12.3. The van der Waals surface area contributed by atoms with Crippen LogP contribution in [0.2, 0.25) is 0 Å². The Kier molecular flexibility index (Phi) is 4.77. The van der Waals surface area contributed by atoms with Gasteiger partial charge < -0.3 is 5.32 Å². The van der Waals surface area contributed by atoms with E-state index < -0.39 is 0 Å². The van der Waals surface area contributed by atoms with Crippen LogP contribution in [0.1, 0.15) is 48.4 Å². The molecule has 0 saturated heterocycles. The van der Waals surface area contributed by atoms with Crippen LogP contribution in [0.4, 0.5) is 0 Å². The minimum atomic E-state index is -0.0693. The highest BCUT2D eigenvalue weighted by atomic mass is 16.2. The first-order chi connectivity index (χ1) is 10.0. The van der Waals surface area contributed by atoms with Crippen molar-refractivity contribution in [2.24, 2.45) is 7.05 Å². The number of aryl methyl sites for hydroxylation is 2. The van der Waals surface area contributed by atoms with Crippen LogP contribution in [0, 0.1) is 0 Å². The van der Waals surface area contributed by atoms with Crippen molar-refractivity contribution in [3.63, 3.8) is 0 Å². The third-order valence-corrected chi connectivity index (χ3v) is 3.38. The van der Waals surface area contributed by atoms with Gasteiger partial charge in [0.15, 0.2) is 0 Å². The summed E-state index contributed by atoms with van der Waals surface area (Å²) in [5, 5.41) is 11.5. The molecule has 0 unspecified atom stereocenters. The largest absolute Gasteiger partial charge is 0.350 e. The number of nitrogens with one attached hydrogen (secondary N) is 1. The summed E-state index contributed by atoms with van der Waals surface area (Å²) in [4.78, 5) is 12.3. The minimum absolute atomic E-state index is 0.0693. The molecule has 1 amide bonds. The smallest absolute Gasteiger partial charge is 0.269 e. The van der Waals surface area contributed by atoms with Gasteiger partial charge in [-0.1, -0.05) is 13.8 Å². The quantitative estimate of drug-likeness (QED) is 0.881. The van der Waals surface area contributed by atoms with Crippen LogP contribution in [0.5, 0.6) is 0 Å². The molecule has 0 aromatic carbocycles. The van der Waals surface area contributed by atoms with E-state index in [1.807, 2.05) is 32.4 Å². The molecule has 0 aliphatic carbocycles. The predicted molar refractivity (Wildman–Crippen MR) is 81.2 cm³/mol. The number of hydrogen-bond acceptors (Lipinski definition) is 3. The lowest BCUT2D eigenvalue weighted by atomic mass is 10.1. The minimum Gasteiger partial charge on any atom is -0.350 e. The van der Waals surface area contributed by atoms with E-state index in [1.165, 1.54) is 0 Å². The van der Waals surface area contributed by atoms with E-state index >= 15 is 0 Å². The zero-order valence-corrected chi connectivity index (χ0v) is 13.1. The fraction of sp³-hybridized carbons (Fsp3) is 0.533. The molecule has 0 spiro atoms. The van der Waals surface area contributed by atoms with Crippen LogP contribution in [-0.4, -0.2) is 32.0 Å². The lowest BCUT2D eigenvalue weighted by molar-refractivity contribution is 0.0943. The lowest BCUT2D eigenvalue weighted by Crippen LogP contribution is -2.28. The van der Waals surface area contributed by atoms with E-state index in [0.717, 1.165) is 17.7 Å². The molecular formula is C15H23N5O. The third-order valence-electron chi connectivity index (χ3n) is 3.38. The van der Waals surface area contributed by atoms with Gasteiger partial charge in [0.1, 0.15) is 5.69 Å². The van der Waals surface area contributed by atoms with Crippen LogP contribution in [-0.2, 0) is 20.0 Å². The van der Waals surface area contributed by atoms with E-state index in [4.69, 9.17) is 0 Å². The molecule has 6 heteroatoms. The Morgan fingerprint density at radius 1 is 1.43 bits per heavy atom. The van der Waals surface area contributed by atoms with Crippen LogP contribution < -0.4 is 5.32 Å². The van der Waals surface area contributed by atoms with E-state index in [9.17, 15) is 4.79 Å². The topological polar surface area (TPSA) is 64.7 Å². The van der Waals surface area contributed by atoms with Gasteiger partial charge in [-0.15, -0.1) is 0 Å². The molecule has 0 aliphatic rings. The Morgan fingerprint density at radius 2 is 2.19 bits per heavy atom. The van der Waals surface area contributed by atoms with Gasteiger partial charge in [0.2, 0.25) is 0 Å². The molecule has 0 saturated carbocycles. The van der Waals surface area contributed by atoms with Crippen molar-refractivity contribution in [2.45, 2.75) is 39.7 Å². The number of rotatable bonds is 6. The maximum Gasteiger partial charge on any atom is 0.269 e. The summed E-state index contributed by atoms with van der Waals surface area (Å²) in [5.41, 5.74) is 2.70. The number of hydrogen-bond donors (Lipinski definition) is 1. The zero-order chi connectivity index (χ0) is 15.4. The van der Waals surface area contributed by atoms with Gasteiger partial charge in [-0.05, 0) is 30.9 Å². The molecule has 0 atom stereocenters. The summed E-state index contributed by atoms with van der Waals surface area (Å²) in [5.74, 6) is 0.250. The van der Waals surface area contributed by atoms with Gasteiger partial charge >= 0.3 is 0 Å². The summed E-state index contributed by atoms with van der Waals surface area (Å²) < 4.78 is 3.52. The third kappa shape index (κ3) is 3.71. The summed E-state index contributed by atoms with van der Waals surface area (Å²) in [7, 11) is 1.88. The maximum absolute atomic E-state index is 12.3. The van der Waals surface area contributed by atoms with E-state index in [-0.39, 0.29) is 5.91 Å². The first-order valence-electron chi connectivity index (χ1n) is 7.34. The average molecular weight is 289 g/mol. The van der Waals surface area contributed by atoms with Crippen molar-refractivity contribution >= 4 is 5.91 Å². The molecule has 6 nitrogen and oxygen atoms in total. The first kappa shape index (κ1) is 15.3. The van der Waals surface area contributed by atoms with E-state index in [0.29, 0.717) is 24.7 Å². The highest BCUT2D eigenvalue weighted by Crippen LogP contribution is 2.14. The van der Waals surface area contributed by atoms with Crippen LogP contribution in [0.3, 0.4) is 0 Å². The van der Waals surface area contributed by atoms with Crippen molar-refractivity contribution in [3.05, 3.63) is 35.4 Å². The van der Waals surface area contributed by atoms with Crippen molar-refractivity contribution < 1.29 is 4.79 Å². The normalized spacial score (nSPS) is 11.1. The first-order valence-corrected chi connectivity index (χ1v) is 7.34. The molecule has 0 aliphatic heterocycles. The van der Waals surface area contributed by atoms with Crippen LogP contribution >= 0.6 is 0 Å². The molecule has 2 rings (SSSR count). The Morgan fingerprint density at radius 3 is 2.76 bits per heavy atom. The molecule has 1 N–H and O–H groups in total. The van der Waals surface area contributed by atoms with Gasteiger partial charge in [0.25, 0.3) is 5.91 Å². The SMILES string of the molecule is CCn1nc(C(C)C)cc1C(=O)NCCc1cnn(C)c1. The molecule has 2 aromatic rings. The van der Waals surface area contributed by atoms with Gasteiger partial charge in [0, 0.05) is 26.3 Å². The van der Waals surface area contributed by atoms with E-state index in [1.54, 1.807) is 9.36 Å². The average Bonchev–Trinajstić information content (AvgIpc) is 3.04. The number of aromatic nitrogens is 4. The Labute approximate surface area is 125 Å². The number of amides is 1. The predicted octanol–water partition coefficient (Wildman–Crippen LogP) is 1.73. The Hall–Kier alpha value is -2.11. The highest BCUT2D eigenvalue weighted by molar-refractivity contribution is 5.92. The van der Waals surface area contributed by atoms with Gasteiger partial charge in [-0.25, -0.2) is 0 Å². The monoisotopic (exact) mass is 289 g/mol. The molecule has 2 heterocycles. The molecule has 0 radical (unpaired) electrons. The standard InChI is InChI=1S/C15H23N5O/c1-5-20-14(8-13(18-20)11(2)3)15(21)16-7-6-12-9-17-19(4)10-12/h8-11H,5-7H2,1-4H3,(H,16,21). The van der Waals surface area contributed by atoms with E-state index in [2.05, 4.69) is 29.4 Å². The summed E-state index contributed by atoms with van der Waals surface area (Å²) in [6, 6.07) is 1.88. The Balaban J connectivity index is 1.96. The van der Waals surface area contributed by atoms with Crippen molar-refractivity contribution in [3.8, 4) is 0 Å². The van der Waals surface area contributed by atoms with Crippen molar-refractivity contribution in [2.75, 3.05) is 6.54 Å². The molecule has 0 bridgehead atoms. The van der Waals surface area contributed by atoms with Gasteiger partial charge in [-0.2, -0.15) is 10.2 Å². The molecule has 2 aromatic heterocycles. The summed E-state index contributed by atoms with van der Waals surface area (Å²) in [6.07, 6.45) is 4.55. The second-order valence-electron chi connectivity index (χ2n) is 5.45. The van der Waals surface area contributed by atoms with Crippen molar-refractivity contribution in [1.82, 2.24) is 24.9 Å². The summed E-state index contributed by atoms with van der Waals surface area (Å²) in [6.45, 7) is 7.43. The lowest BCUT2D eigenvalue weighted by Gasteiger charge is -2.05. The fourth-order valence-electron chi connectivity index (χ4n) is 2.15. The van der Waals surface area contributed by atoms with Gasteiger partial charge in [0.05, 0.1) is 11.9 Å². The number of nitrogens with zero attached hydrogens (tertiary/aromatic N) is 4. The summed E-state index contributed by atoms with van der Waals surface area (Å²) >= 11 is 0. The fourth-order valence-corrected chi connectivity index (χ4v) is 2.15. The number of carbonyl (C=O) groups is 1. The second kappa shape index (κ2) is 6.56. The zero-order valence-electron chi connectivity index (χ0n) is 13.1. The molecule has 114 valence electrons. The van der Waals surface area contributed by atoms with Crippen molar-refractivity contribution in [1.29, 1.82) is 0 Å². The molecule has 0 fully saturated rings. The Bertz CT molecular complexity index is 611. The van der Waals surface area contributed by atoms with Crippen LogP contribution in [0.25, 0.3) is 0 Å². The highest BCUT2D eigenvalue weighted by Gasteiger charge is 2.15. The second-order valence-corrected chi connectivity index (χ2v) is 5.45. The van der Waals surface area contributed by atoms with Gasteiger partial charge in [-0.3, -0.25) is 14.2 Å². The molecule has 21 heavy (non-hydrogen) atoms. The molecular weight excluding hydrogens is 266 g/mol. The number of carbonyl (C=O) groups excluding carboxylic acids is 1.